The molecule has 154 valence electrons. The lowest BCUT2D eigenvalue weighted by Gasteiger charge is -2.31. The van der Waals surface area contributed by atoms with Crippen LogP contribution in [0, 0.1) is 19.8 Å². The molecule has 0 aliphatic carbocycles. The highest BCUT2D eigenvalue weighted by atomic mass is 32.2. The third-order valence-corrected chi connectivity index (χ3v) is 6.69. The lowest BCUT2D eigenvalue weighted by molar-refractivity contribution is -0.139. The molecule has 0 spiro atoms. The summed E-state index contributed by atoms with van der Waals surface area (Å²) in [6, 6.07) is 2.09. The van der Waals surface area contributed by atoms with Gasteiger partial charge in [0.15, 0.2) is 5.76 Å². The van der Waals surface area contributed by atoms with E-state index in [1.165, 1.54) is 23.5 Å². The molecule has 0 bridgehead atoms. The molecule has 3 rings (SSSR count). The zero-order valence-electron chi connectivity index (χ0n) is 15.4. The predicted molar refractivity (Wildman–Crippen MR) is 92.2 cm³/mol. The summed E-state index contributed by atoms with van der Waals surface area (Å²) >= 11 is 0. The van der Waals surface area contributed by atoms with Gasteiger partial charge in [-0.2, -0.15) is 17.5 Å². The number of alkyl halides is 3. The van der Waals surface area contributed by atoms with E-state index in [2.05, 4.69) is 10.1 Å². The van der Waals surface area contributed by atoms with Gasteiger partial charge < -0.3 is 9.26 Å². The van der Waals surface area contributed by atoms with Gasteiger partial charge in [-0.1, -0.05) is 5.16 Å². The summed E-state index contributed by atoms with van der Waals surface area (Å²) in [6.45, 7) is 3.47. The molecule has 0 aromatic carbocycles. The van der Waals surface area contributed by atoms with E-state index in [0.29, 0.717) is 19.4 Å². The van der Waals surface area contributed by atoms with Crippen molar-refractivity contribution in [1.82, 2.24) is 14.4 Å². The number of aryl methyl sites for hydroxylation is 2. The van der Waals surface area contributed by atoms with Crippen molar-refractivity contribution in [3.8, 4) is 5.88 Å². The Morgan fingerprint density at radius 1 is 1.36 bits per heavy atom. The number of hydrogen-bond donors (Lipinski definition) is 0. The first-order chi connectivity index (χ1) is 13.1. The van der Waals surface area contributed by atoms with Crippen molar-refractivity contribution >= 4 is 10.0 Å². The molecule has 1 aliphatic heterocycles. The Labute approximate surface area is 160 Å². The highest BCUT2D eigenvalue weighted by molar-refractivity contribution is 7.89. The van der Waals surface area contributed by atoms with Gasteiger partial charge in [0.1, 0.15) is 16.2 Å². The van der Waals surface area contributed by atoms with Crippen molar-refractivity contribution in [2.75, 3.05) is 19.7 Å². The van der Waals surface area contributed by atoms with E-state index in [0.717, 1.165) is 6.07 Å². The largest absolute Gasteiger partial charge is 0.477 e. The molecule has 7 nitrogen and oxygen atoms in total. The summed E-state index contributed by atoms with van der Waals surface area (Å²) < 4.78 is 76.5. The van der Waals surface area contributed by atoms with Crippen molar-refractivity contribution in [3.63, 3.8) is 0 Å². The zero-order chi connectivity index (χ0) is 20.5. The van der Waals surface area contributed by atoms with Crippen LogP contribution < -0.4 is 4.74 Å². The molecule has 28 heavy (non-hydrogen) atoms. The van der Waals surface area contributed by atoms with E-state index in [1.807, 2.05) is 0 Å². The Morgan fingerprint density at radius 2 is 2.11 bits per heavy atom. The molecule has 2 aromatic rings. The van der Waals surface area contributed by atoms with Crippen LogP contribution in [0.4, 0.5) is 13.2 Å². The minimum Gasteiger partial charge on any atom is -0.477 e. The number of piperidine rings is 1. The predicted octanol–water partition coefficient (Wildman–Crippen LogP) is 3.18. The van der Waals surface area contributed by atoms with Gasteiger partial charge in [-0.3, -0.25) is 0 Å². The van der Waals surface area contributed by atoms with Gasteiger partial charge in [-0.15, -0.1) is 0 Å². The van der Waals surface area contributed by atoms with Crippen LogP contribution in [0.15, 0.2) is 27.7 Å². The summed E-state index contributed by atoms with van der Waals surface area (Å²) in [5, 5.41) is 3.68. The molecule has 2 aromatic heterocycles. The summed E-state index contributed by atoms with van der Waals surface area (Å²) in [4.78, 5) is 3.71. The van der Waals surface area contributed by atoms with E-state index < -0.39 is 27.6 Å². The first-order valence-electron chi connectivity index (χ1n) is 8.68. The number of hydrogen-bond acceptors (Lipinski definition) is 6. The molecule has 1 saturated heterocycles. The average molecular weight is 419 g/mol. The fraction of sp³-hybridized carbons (Fsp3) is 0.529. The first kappa shape index (κ1) is 20.6. The van der Waals surface area contributed by atoms with Crippen molar-refractivity contribution in [3.05, 3.63) is 35.3 Å². The Balaban J connectivity index is 1.72. The van der Waals surface area contributed by atoms with Gasteiger partial charge in [-0.05, 0) is 38.8 Å². The van der Waals surface area contributed by atoms with Crippen LogP contribution in [0.5, 0.6) is 5.88 Å². The SMILES string of the molecule is Cc1noc(C)c1S(=O)(=O)N1CCCC(COc2ncccc2C(F)(F)F)C1. The van der Waals surface area contributed by atoms with Crippen LogP contribution in [0.3, 0.4) is 0 Å². The van der Waals surface area contributed by atoms with Crippen LogP contribution in [-0.4, -0.2) is 42.6 Å². The average Bonchev–Trinajstić information content (AvgIpc) is 2.99. The van der Waals surface area contributed by atoms with E-state index in [1.54, 1.807) is 6.92 Å². The smallest absolute Gasteiger partial charge is 0.421 e. The van der Waals surface area contributed by atoms with Crippen molar-refractivity contribution in [1.29, 1.82) is 0 Å². The Bertz CT molecular complexity index is 924. The Morgan fingerprint density at radius 3 is 2.75 bits per heavy atom. The Hall–Kier alpha value is -2.14. The second-order valence-corrected chi connectivity index (χ2v) is 8.56. The minimum absolute atomic E-state index is 0.0400. The van der Waals surface area contributed by atoms with E-state index in [4.69, 9.17) is 9.26 Å². The van der Waals surface area contributed by atoms with Gasteiger partial charge in [0.25, 0.3) is 0 Å². The van der Waals surface area contributed by atoms with E-state index in [-0.39, 0.29) is 35.4 Å². The topological polar surface area (TPSA) is 85.5 Å². The monoisotopic (exact) mass is 419 g/mol. The molecular weight excluding hydrogens is 399 g/mol. The number of rotatable bonds is 5. The van der Waals surface area contributed by atoms with Crippen LogP contribution in [0.25, 0.3) is 0 Å². The van der Waals surface area contributed by atoms with Crippen LogP contribution >= 0.6 is 0 Å². The molecule has 1 unspecified atom stereocenters. The first-order valence-corrected chi connectivity index (χ1v) is 10.1. The highest BCUT2D eigenvalue weighted by Crippen LogP contribution is 2.35. The van der Waals surface area contributed by atoms with Gasteiger partial charge in [0.2, 0.25) is 15.9 Å². The molecule has 3 heterocycles. The maximum atomic E-state index is 13.0. The normalized spacial score (nSPS) is 19.0. The summed E-state index contributed by atoms with van der Waals surface area (Å²) in [5.74, 6) is -0.549. The van der Waals surface area contributed by atoms with Gasteiger partial charge in [-0.25, -0.2) is 13.4 Å². The van der Waals surface area contributed by atoms with E-state index >= 15 is 0 Å². The highest BCUT2D eigenvalue weighted by Gasteiger charge is 2.37. The number of aromatic nitrogens is 2. The minimum atomic E-state index is -4.57. The lowest BCUT2D eigenvalue weighted by Crippen LogP contribution is -2.41. The van der Waals surface area contributed by atoms with Gasteiger partial charge in [0, 0.05) is 25.2 Å². The third-order valence-electron chi connectivity index (χ3n) is 4.58. The molecular formula is C17H20F3N3O4S. The maximum absolute atomic E-state index is 13.0. The number of sulfonamides is 1. The van der Waals surface area contributed by atoms with Crippen molar-refractivity contribution in [2.45, 2.75) is 37.8 Å². The second kappa shape index (κ2) is 7.70. The van der Waals surface area contributed by atoms with E-state index in [9.17, 15) is 21.6 Å². The quantitative estimate of drug-likeness (QED) is 0.740. The number of ether oxygens (including phenoxy) is 1. The van der Waals surface area contributed by atoms with Gasteiger partial charge in [0.05, 0.1) is 6.61 Å². The third kappa shape index (κ3) is 4.14. The summed E-state index contributed by atoms with van der Waals surface area (Å²) in [7, 11) is -3.80. The number of pyridine rings is 1. The molecule has 0 saturated carbocycles. The molecule has 0 N–H and O–H groups in total. The number of nitrogens with zero attached hydrogens (tertiary/aromatic N) is 3. The standard InChI is InChI=1S/C17H20F3N3O4S/c1-11-15(12(2)27-22-11)28(24,25)23-8-4-5-13(9-23)10-26-16-14(17(18,19)20)6-3-7-21-16/h3,6-7,13H,4-5,8-10H2,1-2H3. The van der Waals surface area contributed by atoms with Crippen LogP contribution in [0.1, 0.15) is 29.9 Å². The molecule has 1 fully saturated rings. The second-order valence-electron chi connectivity index (χ2n) is 6.69. The van der Waals surface area contributed by atoms with Crippen LogP contribution in [-0.2, 0) is 16.2 Å². The molecule has 11 heteroatoms. The molecule has 0 amide bonds. The molecule has 1 aliphatic rings. The fourth-order valence-electron chi connectivity index (χ4n) is 3.27. The maximum Gasteiger partial charge on any atom is 0.421 e. The fourth-order valence-corrected chi connectivity index (χ4v) is 5.12. The summed E-state index contributed by atoms with van der Waals surface area (Å²) in [6.07, 6.45) is -2.14. The number of halogens is 3. The summed E-state index contributed by atoms with van der Waals surface area (Å²) in [5.41, 5.74) is -0.676. The van der Waals surface area contributed by atoms with Crippen molar-refractivity contribution in [2.24, 2.45) is 5.92 Å². The molecule has 0 radical (unpaired) electrons. The molecule has 1 atom stereocenters. The van der Waals surface area contributed by atoms with Crippen LogP contribution in [0.2, 0.25) is 0 Å². The lowest BCUT2D eigenvalue weighted by atomic mass is 10.0. The Kier molecular flexibility index (Phi) is 5.67. The van der Waals surface area contributed by atoms with Gasteiger partial charge >= 0.3 is 6.18 Å². The zero-order valence-corrected chi connectivity index (χ0v) is 16.2. The van der Waals surface area contributed by atoms with Crippen molar-refractivity contribution < 1.29 is 30.8 Å².